The number of amides is 1. The molecule has 1 amide bonds. The minimum atomic E-state index is 0.157. The highest BCUT2D eigenvalue weighted by molar-refractivity contribution is 5.78. The summed E-state index contributed by atoms with van der Waals surface area (Å²) >= 11 is 0. The molecular weight excluding hydrogens is 266 g/mol. The highest BCUT2D eigenvalue weighted by Crippen LogP contribution is 2.27. The molecular formula is C16H31N3O2. The molecule has 5 nitrogen and oxygen atoms in total. The molecule has 1 atom stereocenters. The molecule has 0 radical (unpaired) electrons. The van der Waals surface area contributed by atoms with Crippen LogP contribution in [0, 0.1) is 0 Å². The Kier molecular flexibility index (Phi) is 6.93. The van der Waals surface area contributed by atoms with Crippen molar-refractivity contribution in [2.24, 2.45) is 0 Å². The zero-order valence-corrected chi connectivity index (χ0v) is 13.6. The summed E-state index contributed by atoms with van der Waals surface area (Å²) in [6, 6.07) is 1.22. The van der Waals surface area contributed by atoms with Crippen molar-refractivity contribution >= 4 is 5.91 Å². The average molecular weight is 297 g/mol. The number of ether oxygens (including phenoxy) is 1. The molecule has 1 aliphatic carbocycles. The van der Waals surface area contributed by atoms with Crippen molar-refractivity contribution in [3.63, 3.8) is 0 Å². The van der Waals surface area contributed by atoms with Crippen LogP contribution in [0.5, 0.6) is 0 Å². The van der Waals surface area contributed by atoms with Crippen LogP contribution in [0.15, 0.2) is 0 Å². The van der Waals surface area contributed by atoms with E-state index in [-0.39, 0.29) is 12.0 Å². The van der Waals surface area contributed by atoms with E-state index in [0.29, 0.717) is 25.2 Å². The molecule has 1 heterocycles. The molecule has 0 aromatic rings. The summed E-state index contributed by atoms with van der Waals surface area (Å²) in [7, 11) is 0. The second kappa shape index (κ2) is 8.71. The summed E-state index contributed by atoms with van der Waals surface area (Å²) in [4.78, 5) is 14.4. The van der Waals surface area contributed by atoms with Crippen LogP contribution in [0.1, 0.15) is 46.0 Å². The third-order valence-electron chi connectivity index (χ3n) is 4.12. The van der Waals surface area contributed by atoms with Gasteiger partial charge in [0.1, 0.15) is 0 Å². The van der Waals surface area contributed by atoms with Gasteiger partial charge in [-0.3, -0.25) is 9.69 Å². The third kappa shape index (κ3) is 6.76. The zero-order chi connectivity index (χ0) is 15.1. The molecule has 1 saturated heterocycles. The van der Waals surface area contributed by atoms with Crippen molar-refractivity contribution < 1.29 is 9.53 Å². The van der Waals surface area contributed by atoms with Crippen molar-refractivity contribution in [2.45, 2.75) is 64.1 Å². The molecule has 2 rings (SSSR count). The molecule has 2 N–H and O–H groups in total. The number of nitrogens with zero attached hydrogens (tertiary/aromatic N) is 1. The average Bonchev–Trinajstić information content (AvgIpc) is 3.16. The number of nitrogens with one attached hydrogen (secondary N) is 2. The second-order valence-electron chi connectivity index (χ2n) is 6.58. The monoisotopic (exact) mass is 297 g/mol. The smallest absolute Gasteiger partial charge is 0.234 e. The summed E-state index contributed by atoms with van der Waals surface area (Å²) in [5, 5.41) is 6.54. The Morgan fingerprint density at radius 2 is 2.19 bits per heavy atom. The van der Waals surface area contributed by atoms with Crippen molar-refractivity contribution in [3.8, 4) is 0 Å². The maximum Gasteiger partial charge on any atom is 0.234 e. The van der Waals surface area contributed by atoms with E-state index in [1.54, 1.807) is 0 Å². The number of rotatable bonds is 10. The highest BCUT2D eigenvalue weighted by atomic mass is 16.5. The lowest BCUT2D eigenvalue weighted by atomic mass is 10.2. The van der Waals surface area contributed by atoms with E-state index in [1.807, 2.05) is 13.8 Å². The fourth-order valence-electron chi connectivity index (χ4n) is 2.84. The Morgan fingerprint density at radius 3 is 2.81 bits per heavy atom. The first-order valence-corrected chi connectivity index (χ1v) is 8.51. The number of carbonyl (C=O) groups excluding carboxylic acids is 1. The van der Waals surface area contributed by atoms with Crippen LogP contribution in [-0.2, 0) is 9.53 Å². The Morgan fingerprint density at radius 1 is 1.38 bits per heavy atom. The number of carbonyl (C=O) groups is 1. The summed E-state index contributed by atoms with van der Waals surface area (Å²) in [5.74, 6) is 0.157. The minimum Gasteiger partial charge on any atom is -0.379 e. The van der Waals surface area contributed by atoms with Crippen LogP contribution in [0.4, 0.5) is 0 Å². The first-order valence-electron chi connectivity index (χ1n) is 8.51. The Balaban J connectivity index is 1.59. The summed E-state index contributed by atoms with van der Waals surface area (Å²) in [6.07, 6.45) is 6.18. The van der Waals surface area contributed by atoms with E-state index >= 15 is 0 Å². The van der Waals surface area contributed by atoms with Crippen molar-refractivity contribution in [2.75, 3.05) is 32.8 Å². The maximum atomic E-state index is 12.0. The molecule has 2 fully saturated rings. The molecule has 1 saturated carbocycles. The van der Waals surface area contributed by atoms with Gasteiger partial charge < -0.3 is 15.4 Å². The van der Waals surface area contributed by atoms with E-state index in [0.717, 1.165) is 26.1 Å². The van der Waals surface area contributed by atoms with Crippen LogP contribution in [0.3, 0.4) is 0 Å². The normalized spacial score (nSPS) is 22.2. The van der Waals surface area contributed by atoms with Gasteiger partial charge in [0.2, 0.25) is 5.91 Å². The molecule has 2 aliphatic rings. The molecule has 21 heavy (non-hydrogen) atoms. The molecule has 1 aliphatic heterocycles. The Hall–Kier alpha value is -0.650. The fourth-order valence-corrected chi connectivity index (χ4v) is 2.84. The van der Waals surface area contributed by atoms with Gasteiger partial charge in [-0.25, -0.2) is 0 Å². The van der Waals surface area contributed by atoms with E-state index < -0.39 is 0 Å². The summed E-state index contributed by atoms with van der Waals surface area (Å²) in [6.45, 7) is 8.20. The van der Waals surface area contributed by atoms with Gasteiger partial charge >= 0.3 is 0 Å². The van der Waals surface area contributed by atoms with Gasteiger partial charge in [-0.15, -0.1) is 0 Å². The van der Waals surface area contributed by atoms with E-state index in [2.05, 4.69) is 15.5 Å². The maximum absolute atomic E-state index is 12.0. The van der Waals surface area contributed by atoms with Gasteiger partial charge in [-0.2, -0.15) is 0 Å². The minimum absolute atomic E-state index is 0.157. The van der Waals surface area contributed by atoms with Gasteiger partial charge in [0.25, 0.3) is 0 Å². The lowest BCUT2D eigenvalue weighted by Gasteiger charge is -2.25. The molecule has 0 bridgehead atoms. The van der Waals surface area contributed by atoms with Crippen molar-refractivity contribution in [3.05, 3.63) is 0 Å². The van der Waals surface area contributed by atoms with Gasteiger partial charge in [0, 0.05) is 31.8 Å². The molecule has 0 aromatic heterocycles. The van der Waals surface area contributed by atoms with E-state index in [4.69, 9.17) is 4.74 Å². The molecule has 5 heteroatoms. The molecule has 0 aromatic carbocycles. The second-order valence-corrected chi connectivity index (χ2v) is 6.58. The van der Waals surface area contributed by atoms with Gasteiger partial charge in [0.05, 0.1) is 12.6 Å². The van der Waals surface area contributed by atoms with E-state index in [1.165, 1.54) is 25.7 Å². The lowest BCUT2D eigenvalue weighted by molar-refractivity contribution is -0.122. The number of hydrogen-bond donors (Lipinski definition) is 2. The molecule has 122 valence electrons. The van der Waals surface area contributed by atoms with Crippen LogP contribution < -0.4 is 10.6 Å². The standard InChI is InChI=1S/C16H31N3O2/c1-13(2)21-10-4-9-18-16(20)12-19(15-6-7-15)11-14-5-3-8-17-14/h13-15,17H,3-12H2,1-2H3,(H,18,20). The van der Waals surface area contributed by atoms with Crippen LogP contribution in [0.25, 0.3) is 0 Å². The first kappa shape index (κ1) is 16.7. The van der Waals surface area contributed by atoms with Gasteiger partial charge in [-0.1, -0.05) is 0 Å². The topological polar surface area (TPSA) is 53.6 Å². The highest BCUT2D eigenvalue weighted by Gasteiger charge is 2.32. The first-order chi connectivity index (χ1) is 10.1. The third-order valence-corrected chi connectivity index (χ3v) is 4.12. The number of hydrogen-bond acceptors (Lipinski definition) is 4. The van der Waals surface area contributed by atoms with Gasteiger partial charge in [-0.05, 0) is 52.5 Å². The van der Waals surface area contributed by atoms with Crippen LogP contribution in [0.2, 0.25) is 0 Å². The summed E-state index contributed by atoms with van der Waals surface area (Å²) < 4.78 is 5.47. The quantitative estimate of drug-likeness (QED) is 0.594. The fraction of sp³-hybridized carbons (Fsp3) is 0.938. The van der Waals surface area contributed by atoms with Crippen LogP contribution in [-0.4, -0.2) is 61.8 Å². The lowest BCUT2D eigenvalue weighted by Crippen LogP contribution is -2.44. The largest absolute Gasteiger partial charge is 0.379 e. The summed E-state index contributed by atoms with van der Waals surface area (Å²) in [5.41, 5.74) is 0. The SMILES string of the molecule is CC(C)OCCCNC(=O)CN(CC1CCCN1)C1CC1. The predicted molar refractivity (Wildman–Crippen MR) is 84.3 cm³/mol. The zero-order valence-electron chi connectivity index (χ0n) is 13.6. The molecule has 0 spiro atoms. The Bertz CT molecular complexity index is 313. The van der Waals surface area contributed by atoms with Crippen LogP contribution >= 0.6 is 0 Å². The van der Waals surface area contributed by atoms with E-state index in [9.17, 15) is 4.79 Å². The molecule has 1 unspecified atom stereocenters. The van der Waals surface area contributed by atoms with Gasteiger partial charge in [0.15, 0.2) is 0 Å². The Labute approximate surface area is 128 Å². The predicted octanol–water partition coefficient (Wildman–Crippen LogP) is 1.13. The van der Waals surface area contributed by atoms with Crippen molar-refractivity contribution in [1.82, 2.24) is 15.5 Å². The van der Waals surface area contributed by atoms with Crippen molar-refractivity contribution in [1.29, 1.82) is 0 Å².